The number of nitrogens with zero attached hydrogens (tertiary/aromatic N) is 1. The van der Waals surface area contributed by atoms with Crippen LogP contribution in [0, 0.1) is 0 Å². The molecule has 0 N–H and O–H groups in total. The lowest BCUT2D eigenvalue weighted by Crippen LogP contribution is -1.93. The summed E-state index contributed by atoms with van der Waals surface area (Å²) in [5.41, 5.74) is 1.74. The van der Waals surface area contributed by atoms with Gasteiger partial charge in [0, 0.05) is 17.1 Å². The maximum atomic E-state index is 11.1. The summed E-state index contributed by atoms with van der Waals surface area (Å²) >= 11 is 4.61. The number of aliphatic imine (C=N–C) groups is 1. The van der Waals surface area contributed by atoms with Crippen molar-refractivity contribution in [3.8, 4) is 0 Å². The number of Topliss-reactive ketones (excluding diaryl/α,β-unsaturated/α-hetero) is 1. The maximum Gasteiger partial charge on any atom is 0.159 e. The molecule has 0 unspecified atom stereocenters. The zero-order valence-corrected chi connectivity index (χ0v) is 8.75. The molecule has 0 aliphatic heterocycles. The van der Waals surface area contributed by atoms with Gasteiger partial charge in [-0.1, -0.05) is 30.4 Å². The van der Waals surface area contributed by atoms with Crippen molar-refractivity contribution in [1.82, 2.24) is 0 Å². The molecule has 0 fully saturated rings. The second-order valence-corrected chi connectivity index (χ2v) is 3.15. The van der Waals surface area contributed by atoms with E-state index in [-0.39, 0.29) is 5.78 Å². The monoisotopic (exact) mass is 205 g/mol. The molecule has 0 aliphatic rings. The van der Waals surface area contributed by atoms with E-state index >= 15 is 0 Å². The number of carbonyl (C=O) groups excluding carboxylic acids is 1. The standard InChI is InChI=1S/C11H11NOS/c1-9(13)11-4-2-3-10(7-11)8-12-5-6-14/h2-7H,8H2,1H3. The topological polar surface area (TPSA) is 29.4 Å². The van der Waals surface area contributed by atoms with Crippen molar-refractivity contribution < 1.29 is 4.79 Å². The second kappa shape index (κ2) is 5.40. The fourth-order valence-corrected chi connectivity index (χ4v) is 1.18. The predicted molar refractivity (Wildman–Crippen MR) is 62.3 cm³/mol. The number of hydrogen-bond acceptors (Lipinski definition) is 3. The first-order valence-corrected chi connectivity index (χ1v) is 4.74. The molecule has 0 saturated carbocycles. The normalized spacial score (nSPS) is 10.4. The second-order valence-electron chi connectivity index (χ2n) is 2.88. The summed E-state index contributed by atoms with van der Waals surface area (Å²) in [5.74, 6) is 0.0747. The summed E-state index contributed by atoms with van der Waals surface area (Å²) in [6.45, 7) is 2.12. The Balaban J connectivity index is 2.78. The number of benzene rings is 1. The van der Waals surface area contributed by atoms with Gasteiger partial charge in [0.25, 0.3) is 0 Å². The van der Waals surface area contributed by atoms with E-state index in [2.05, 4.69) is 17.2 Å². The van der Waals surface area contributed by atoms with Crippen molar-refractivity contribution in [1.29, 1.82) is 0 Å². The molecule has 0 radical (unpaired) electrons. The number of rotatable bonds is 4. The van der Waals surface area contributed by atoms with Gasteiger partial charge in [-0.05, 0) is 18.6 Å². The third-order valence-electron chi connectivity index (χ3n) is 1.77. The van der Waals surface area contributed by atoms with Gasteiger partial charge in [0.2, 0.25) is 0 Å². The van der Waals surface area contributed by atoms with Gasteiger partial charge in [0.05, 0.1) is 6.54 Å². The summed E-state index contributed by atoms with van der Waals surface area (Å²) in [6, 6.07) is 7.45. The van der Waals surface area contributed by atoms with Gasteiger partial charge < -0.3 is 0 Å². The molecule has 3 heteroatoms. The molecule has 0 aromatic heterocycles. The van der Waals surface area contributed by atoms with E-state index in [1.54, 1.807) is 19.2 Å². The van der Waals surface area contributed by atoms with Crippen LogP contribution >= 0.6 is 12.2 Å². The van der Waals surface area contributed by atoms with Crippen molar-refractivity contribution in [3.63, 3.8) is 0 Å². The lowest BCUT2D eigenvalue weighted by atomic mass is 10.1. The Morgan fingerprint density at radius 2 is 2.36 bits per heavy atom. The highest BCUT2D eigenvalue weighted by Crippen LogP contribution is 2.06. The largest absolute Gasteiger partial charge is 0.295 e. The number of ketones is 1. The average molecular weight is 205 g/mol. The first-order valence-electron chi connectivity index (χ1n) is 4.27. The first-order chi connectivity index (χ1) is 6.74. The van der Waals surface area contributed by atoms with Crippen molar-refractivity contribution in [3.05, 3.63) is 35.4 Å². The molecule has 0 aliphatic carbocycles. The Morgan fingerprint density at radius 1 is 1.57 bits per heavy atom. The highest BCUT2D eigenvalue weighted by atomic mass is 32.1. The molecule has 0 spiro atoms. The quantitative estimate of drug-likeness (QED) is 0.429. The van der Waals surface area contributed by atoms with E-state index in [9.17, 15) is 4.79 Å². The van der Waals surface area contributed by atoms with E-state index in [0.717, 1.165) is 11.1 Å². The van der Waals surface area contributed by atoms with Crippen LogP contribution < -0.4 is 0 Å². The van der Waals surface area contributed by atoms with Crippen LogP contribution in [0.3, 0.4) is 0 Å². The van der Waals surface area contributed by atoms with Crippen molar-refractivity contribution in [2.45, 2.75) is 13.5 Å². The molecule has 72 valence electrons. The summed E-state index contributed by atoms with van der Waals surface area (Å²) in [6.07, 6.45) is 1.58. The van der Waals surface area contributed by atoms with Crippen LogP contribution in [0.15, 0.2) is 29.3 Å². The molecule has 0 atom stereocenters. The van der Waals surface area contributed by atoms with E-state index in [1.165, 1.54) is 5.37 Å². The smallest absolute Gasteiger partial charge is 0.159 e. The molecule has 14 heavy (non-hydrogen) atoms. The minimum Gasteiger partial charge on any atom is -0.295 e. The molecular formula is C11H11NOS. The van der Waals surface area contributed by atoms with Crippen LogP contribution in [-0.2, 0) is 6.54 Å². The third kappa shape index (κ3) is 3.18. The van der Waals surface area contributed by atoms with Crippen molar-refractivity contribution in [2.24, 2.45) is 4.99 Å². The van der Waals surface area contributed by atoms with Gasteiger partial charge in [0.15, 0.2) is 5.78 Å². The summed E-state index contributed by atoms with van der Waals surface area (Å²) < 4.78 is 0. The fraction of sp³-hybridized carbons (Fsp3) is 0.182. The lowest BCUT2D eigenvalue weighted by Gasteiger charge is -1.98. The zero-order chi connectivity index (χ0) is 10.4. The van der Waals surface area contributed by atoms with Crippen LogP contribution in [0.4, 0.5) is 0 Å². The van der Waals surface area contributed by atoms with Crippen LogP contribution in [0.25, 0.3) is 0 Å². The van der Waals surface area contributed by atoms with Gasteiger partial charge in [-0.25, -0.2) is 0 Å². The first kappa shape index (κ1) is 10.7. The van der Waals surface area contributed by atoms with E-state index < -0.39 is 0 Å². The van der Waals surface area contributed by atoms with Gasteiger partial charge in [0.1, 0.15) is 0 Å². The van der Waals surface area contributed by atoms with E-state index in [4.69, 9.17) is 0 Å². The molecule has 0 heterocycles. The Morgan fingerprint density at radius 3 is 3.00 bits per heavy atom. The van der Waals surface area contributed by atoms with Crippen molar-refractivity contribution >= 4 is 29.6 Å². The summed E-state index contributed by atoms with van der Waals surface area (Å²) in [4.78, 5) is 15.1. The molecule has 0 bridgehead atoms. The van der Waals surface area contributed by atoms with E-state index in [0.29, 0.717) is 6.54 Å². The molecule has 1 aromatic carbocycles. The summed E-state index contributed by atoms with van der Waals surface area (Å²) in [5, 5.41) is 1.47. The van der Waals surface area contributed by atoms with E-state index in [1.807, 2.05) is 18.2 Å². The van der Waals surface area contributed by atoms with Crippen LogP contribution in [-0.4, -0.2) is 17.4 Å². The third-order valence-corrected chi connectivity index (χ3v) is 1.90. The highest BCUT2D eigenvalue weighted by molar-refractivity contribution is 7.80. The molecule has 2 nitrogen and oxygen atoms in total. The predicted octanol–water partition coefficient (Wildman–Crippen LogP) is 2.46. The van der Waals surface area contributed by atoms with Gasteiger partial charge >= 0.3 is 0 Å². The number of thiocarbonyl (C=S) groups is 1. The Bertz CT molecular complexity index is 371. The lowest BCUT2D eigenvalue weighted by molar-refractivity contribution is 0.101. The van der Waals surface area contributed by atoms with Gasteiger partial charge in [-0.15, -0.1) is 0 Å². The van der Waals surface area contributed by atoms with Gasteiger partial charge in [-0.3, -0.25) is 9.79 Å². The zero-order valence-electron chi connectivity index (χ0n) is 7.93. The maximum absolute atomic E-state index is 11.1. The Hall–Kier alpha value is -1.35. The number of carbonyl (C=O) groups is 1. The molecule has 0 amide bonds. The molecule has 0 saturated heterocycles. The minimum atomic E-state index is 0.0747. The van der Waals surface area contributed by atoms with Crippen LogP contribution in [0.5, 0.6) is 0 Å². The Labute approximate surface area is 88.7 Å². The SMILES string of the molecule is CC(=O)c1cccc(CN=CC=S)c1. The Kier molecular flexibility index (Phi) is 4.13. The number of hydrogen-bond donors (Lipinski definition) is 0. The average Bonchev–Trinajstić information content (AvgIpc) is 2.19. The molecular weight excluding hydrogens is 194 g/mol. The highest BCUT2D eigenvalue weighted by Gasteiger charge is 1.98. The fourth-order valence-electron chi connectivity index (χ4n) is 1.09. The van der Waals surface area contributed by atoms with Crippen molar-refractivity contribution in [2.75, 3.05) is 0 Å². The molecule has 1 rings (SSSR count). The molecule has 1 aromatic rings. The minimum absolute atomic E-state index is 0.0747. The van der Waals surface area contributed by atoms with Crippen LogP contribution in [0.2, 0.25) is 0 Å². The van der Waals surface area contributed by atoms with Crippen LogP contribution in [0.1, 0.15) is 22.8 Å². The van der Waals surface area contributed by atoms with Gasteiger partial charge in [-0.2, -0.15) is 0 Å². The summed E-state index contributed by atoms with van der Waals surface area (Å²) in [7, 11) is 0.